The van der Waals surface area contributed by atoms with Crippen molar-refractivity contribution in [2.24, 2.45) is 0 Å². The molecule has 1 aromatic rings. The first-order valence-corrected chi connectivity index (χ1v) is 6.51. The Balaban J connectivity index is 2.57. The van der Waals surface area contributed by atoms with Gasteiger partial charge in [0.1, 0.15) is 0 Å². The average molecular weight is 232 g/mol. The quantitative estimate of drug-likeness (QED) is 0.660. The van der Waals surface area contributed by atoms with Gasteiger partial charge in [-0.05, 0) is 37.0 Å². The topological polar surface area (TPSA) is 9.23 Å². The molecule has 94 valence electrons. The molecule has 1 heteroatoms. The highest BCUT2D eigenvalue weighted by Crippen LogP contribution is 2.17. The van der Waals surface area contributed by atoms with E-state index in [9.17, 15) is 0 Å². The van der Waals surface area contributed by atoms with Gasteiger partial charge in [0.2, 0.25) is 0 Å². The van der Waals surface area contributed by atoms with Crippen LogP contribution in [0.2, 0.25) is 0 Å². The van der Waals surface area contributed by atoms with E-state index in [1.807, 2.05) is 6.08 Å². The Kier molecular flexibility index (Phi) is 5.99. The van der Waals surface area contributed by atoms with Crippen LogP contribution in [0.25, 0.3) is 6.08 Å². The molecule has 0 saturated heterocycles. The van der Waals surface area contributed by atoms with E-state index in [0.717, 1.165) is 6.42 Å². The Bertz CT molecular complexity index is 355. The van der Waals surface area contributed by atoms with Crippen molar-refractivity contribution in [2.75, 3.05) is 0 Å². The summed E-state index contributed by atoms with van der Waals surface area (Å²) in [6.45, 7) is 11.0. The molecular formula is C16H24O. The fourth-order valence-electron chi connectivity index (χ4n) is 1.97. The van der Waals surface area contributed by atoms with Gasteiger partial charge in [-0.1, -0.05) is 50.6 Å². The van der Waals surface area contributed by atoms with E-state index in [4.69, 9.17) is 4.74 Å². The van der Waals surface area contributed by atoms with Crippen LogP contribution in [-0.2, 0) is 11.3 Å². The van der Waals surface area contributed by atoms with Crippen LogP contribution in [0.4, 0.5) is 0 Å². The zero-order valence-corrected chi connectivity index (χ0v) is 11.3. The van der Waals surface area contributed by atoms with Crippen molar-refractivity contribution in [3.05, 3.63) is 41.5 Å². The van der Waals surface area contributed by atoms with Crippen LogP contribution in [0.5, 0.6) is 0 Å². The maximum absolute atomic E-state index is 5.88. The second kappa shape index (κ2) is 7.29. The average Bonchev–Trinajstić information content (AvgIpc) is 2.33. The largest absolute Gasteiger partial charge is 0.374 e. The van der Waals surface area contributed by atoms with E-state index in [1.165, 1.54) is 29.5 Å². The first-order valence-electron chi connectivity index (χ1n) is 6.51. The number of rotatable bonds is 7. The number of unbranched alkanes of at least 4 members (excludes halogenated alkanes) is 1. The zero-order valence-electron chi connectivity index (χ0n) is 11.3. The smallest absolute Gasteiger partial charge is 0.0726 e. The molecule has 1 unspecified atom stereocenters. The molecule has 0 aliphatic carbocycles. The van der Waals surface area contributed by atoms with Crippen molar-refractivity contribution in [1.82, 2.24) is 0 Å². The lowest BCUT2D eigenvalue weighted by molar-refractivity contribution is 0.0461. The lowest BCUT2D eigenvalue weighted by atomic mass is 10.0. The fourth-order valence-corrected chi connectivity index (χ4v) is 1.97. The van der Waals surface area contributed by atoms with Gasteiger partial charge < -0.3 is 4.74 Å². The SMILES string of the molecule is C=Cc1c(C)cccc1COC(C)CCCC. The molecule has 1 nitrogen and oxygen atoms in total. The predicted octanol–water partition coefficient (Wildman–Crippen LogP) is 4.73. The monoisotopic (exact) mass is 232 g/mol. The Hall–Kier alpha value is -1.08. The van der Waals surface area contributed by atoms with Gasteiger partial charge in [-0.25, -0.2) is 0 Å². The Morgan fingerprint density at radius 3 is 2.82 bits per heavy atom. The molecule has 1 rings (SSSR count). The van der Waals surface area contributed by atoms with Gasteiger partial charge in [-0.3, -0.25) is 0 Å². The molecule has 0 spiro atoms. The fraction of sp³-hybridized carbons (Fsp3) is 0.500. The second-order valence-corrected chi connectivity index (χ2v) is 4.62. The van der Waals surface area contributed by atoms with Gasteiger partial charge >= 0.3 is 0 Å². The first kappa shape index (κ1) is 14.0. The van der Waals surface area contributed by atoms with Crippen molar-refractivity contribution in [3.8, 4) is 0 Å². The minimum absolute atomic E-state index is 0.341. The summed E-state index contributed by atoms with van der Waals surface area (Å²) >= 11 is 0. The summed E-state index contributed by atoms with van der Waals surface area (Å²) < 4.78 is 5.88. The van der Waals surface area contributed by atoms with Crippen LogP contribution in [0, 0.1) is 6.92 Å². The molecule has 0 fully saturated rings. The van der Waals surface area contributed by atoms with E-state index >= 15 is 0 Å². The molecule has 0 saturated carbocycles. The van der Waals surface area contributed by atoms with Crippen LogP contribution in [0.1, 0.15) is 49.8 Å². The highest BCUT2D eigenvalue weighted by Gasteiger charge is 2.05. The van der Waals surface area contributed by atoms with E-state index < -0.39 is 0 Å². The van der Waals surface area contributed by atoms with E-state index in [0.29, 0.717) is 12.7 Å². The first-order chi connectivity index (χ1) is 8.19. The van der Waals surface area contributed by atoms with Crippen molar-refractivity contribution in [2.45, 2.75) is 52.7 Å². The molecular weight excluding hydrogens is 208 g/mol. The Morgan fingerprint density at radius 1 is 1.41 bits per heavy atom. The number of ether oxygens (including phenoxy) is 1. The van der Waals surface area contributed by atoms with Crippen LogP contribution < -0.4 is 0 Å². The van der Waals surface area contributed by atoms with Gasteiger partial charge in [-0.2, -0.15) is 0 Å². The number of hydrogen-bond acceptors (Lipinski definition) is 1. The van der Waals surface area contributed by atoms with Crippen LogP contribution in [0.3, 0.4) is 0 Å². The van der Waals surface area contributed by atoms with Crippen LogP contribution >= 0.6 is 0 Å². The maximum atomic E-state index is 5.88. The minimum Gasteiger partial charge on any atom is -0.374 e. The second-order valence-electron chi connectivity index (χ2n) is 4.62. The molecule has 0 radical (unpaired) electrons. The molecule has 0 amide bonds. The molecule has 0 aliphatic rings. The predicted molar refractivity (Wildman–Crippen MR) is 75.0 cm³/mol. The summed E-state index contributed by atoms with van der Waals surface area (Å²) in [7, 11) is 0. The van der Waals surface area contributed by atoms with Gasteiger partial charge in [0.15, 0.2) is 0 Å². The van der Waals surface area contributed by atoms with Gasteiger partial charge in [0.05, 0.1) is 12.7 Å². The molecule has 17 heavy (non-hydrogen) atoms. The molecule has 0 bridgehead atoms. The number of aryl methyl sites for hydroxylation is 1. The maximum Gasteiger partial charge on any atom is 0.0726 e. The zero-order chi connectivity index (χ0) is 12.7. The third-order valence-corrected chi connectivity index (χ3v) is 3.11. The summed E-state index contributed by atoms with van der Waals surface area (Å²) in [5, 5.41) is 0. The third-order valence-electron chi connectivity index (χ3n) is 3.11. The van der Waals surface area contributed by atoms with Gasteiger partial charge in [0, 0.05) is 0 Å². The molecule has 1 atom stereocenters. The number of benzene rings is 1. The van der Waals surface area contributed by atoms with Gasteiger partial charge in [-0.15, -0.1) is 0 Å². The molecule has 0 heterocycles. The van der Waals surface area contributed by atoms with Crippen molar-refractivity contribution in [3.63, 3.8) is 0 Å². The Morgan fingerprint density at radius 2 is 2.18 bits per heavy atom. The lowest BCUT2D eigenvalue weighted by Gasteiger charge is -2.14. The summed E-state index contributed by atoms with van der Waals surface area (Å²) in [5.41, 5.74) is 3.72. The molecule has 0 aliphatic heterocycles. The minimum atomic E-state index is 0.341. The van der Waals surface area contributed by atoms with Crippen LogP contribution in [-0.4, -0.2) is 6.10 Å². The highest BCUT2D eigenvalue weighted by atomic mass is 16.5. The lowest BCUT2D eigenvalue weighted by Crippen LogP contribution is -2.08. The summed E-state index contributed by atoms with van der Waals surface area (Å²) in [4.78, 5) is 0. The number of hydrogen-bond donors (Lipinski definition) is 0. The van der Waals surface area contributed by atoms with Crippen molar-refractivity contribution < 1.29 is 4.74 Å². The van der Waals surface area contributed by atoms with Gasteiger partial charge in [0.25, 0.3) is 0 Å². The Labute approximate surface area is 106 Å². The summed E-state index contributed by atoms with van der Waals surface area (Å²) in [6, 6.07) is 6.31. The third kappa shape index (κ3) is 4.35. The molecule has 1 aromatic carbocycles. The summed E-state index contributed by atoms with van der Waals surface area (Å²) in [6.07, 6.45) is 5.88. The van der Waals surface area contributed by atoms with Crippen LogP contribution in [0.15, 0.2) is 24.8 Å². The normalized spacial score (nSPS) is 12.4. The molecule has 0 N–H and O–H groups in total. The molecule has 0 aromatic heterocycles. The standard InChI is InChI=1S/C16H24O/c1-5-7-10-14(4)17-12-15-11-8-9-13(3)16(15)6-2/h6,8-9,11,14H,2,5,7,10,12H2,1,3-4H3. The summed E-state index contributed by atoms with van der Waals surface area (Å²) in [5.74, 6) is 0. The van der Waals surface area contributed by atoms with E-state index in [2.05, 4.69) is 45.5 Å². The van der Waals surface area contributed by atoms with Crippen molar-refractivity contribution in [1.29, 1.82) is 0 Å². The van der Waals surface area contributed by atoms with Crippen molar-refractivity contribution >= 4 is 6.08 Å². The van der Waals surface area contributed by atoms with E-state index in [1.54, 1.807) is 0 Å². The highest BCUT2D eigenvalue weighted by molar-refractivity contribution is 5.55. The van der Waals surface area contributed by atoms with E-state index in [-0.39, 0.29) is 0 Å².